The SMILES string of the molecule is O=C(NCC1CC1)C1CCN(S(=O)(=O)c2ccccc2Br)C1. The van der Waals surface area contributed by atoms with Crippen molar-refractivity contribution in [1.82, 2.24) is 9.62 Å². The number of halogens is 1. The van der Waals surface area contributed by atoms with Crippen molar-refractivity contribution >= 4 is 31.9 Å². The highest BCUT2D eigenvalue weighted by molar-refractivity contribution is 9.10. The number of hydrogen-bond acceptors (Lipinski definition) is 3. The number of benzene rings is 1. The number of rotatable bonds is 5. The van der Waals surface area contributed by atoms with Crippen molar-refractivity contribution < 1.29 is 13.2 Å². The molecular formula is C15H19BrN2O3S. The molecule has 1 aliphatic heterocycles. The van der Waals surface area contributed by atoms with Crippen LogP contribution in [-0.2, 0) is 14.8 Å². The zero-order valence-electron chi connectivity index (χ0n) is 12.2. The van der Waals surface area contributed by atoms with Gasteiger partial charge in [0, 0.05) is 24.1 Å². The van der Waals surface area contributed by atoms with Crippen LogP contribution in [0.2, 0.25) is 0 Å². The first-order valence-electron chi connectivity index (χ1n) is 7.51. The van der Waals surface area contributed by atoms with E-state index >= 15 is 0 Å². The van der Waals surface area contributed by atoms with Gasteiger partial charge in [0.2, 0.25) is 15.9 Å². The molecule has 0 radical (unpaired) electrons. The molecular weight excluding hydrogens is 368 g/mol. The number of sulfonamides is 1. The van der Waals surface area contributed by atoms with Crippen molar-refractivity contribution in [2.75, 3.05) is 19.6 Å². The van der Waals surface area contributed by atoms with E-state index < -0.39 is 10.0 Å². The molecule has 1 saturated heterocycles. The van der Waals surface area contributed by atoms with Gasteiger partial charge in [0.15, 0.2) is 0 Å². The van der Waals surface area contributed by atoms with Gasteiger partial charge in [0.1, 0.15) is 0 Å². The van der Waals surface area contributed by atoms with Gasteiger partial charge < -0.3 is 5.32 Å². The van der Waals surface area contributed by atoms with Gasteiger partial charge in [-0.3, -0.25) is 4.79 Å². The zero-order valence-corrected chi connectivity index (χ0v) is 14.6. The second-order valence-corrected chi connectivity index (χ2v) is 8.73. The third kappa shape index (κ3) is 3.36. The molecule has 22 heavy (non-hydrogen) atoms. The summed E-state index contributed by atoms with van der Waals surface area (Å²) in [5, 5.41) is 2.94. The fraction of sp³-hybridized carbons (Fsp3) is 0.533. The Morgan fingerprint density at radius 3 is 2.68 bits per heavy atom. The monoisotopic (exact) mass is 386 g/mol. The summed E-state index contributed by atoms with van der Waals surface area (Å²) in [5.41, 5.74) is 0. The minimum atomic E-state index is -3.55. The first kappa shape index (κ1) is 16.0. The van der Waals surface area contributed by atoms with Crippen LogP contribution in [-0.4, -0.2) is 38.3 Å². The molecule has 1 aromatic carbocycles. The first-order valence-corrected chi connectivity index (χ1v) is 9.74. The molecule has 0 spiro atoms. The number of carbonyl (C=O) groups is 1. The Balaban J connectivity index is 1.66. The van der Waals surface area contributed by atoms with Crippen LogP contribution >= 0.6 is 15.9 Å². The third-order valence-electron chi connectivity index (χ3n) is 4.24. The van der Waals surface area contributed by atoms with Gasteiger partial charge in [0.05, 0.1) is 10.8 Å². The average molecular weight is 387 g/mol. The number of carbonyl (C=O) groups excluding carboxylic acids is 1. The fourth-order valence-corrected chi connectivity index (χ4v) is 5.13. The van der Waals surface area contributed by atoms with E-state index in [0.717, 1.165) is 6.54 Å². The van der Waals surface area contributed by atoms with E-state index in [0.29, 0.717) is 23.4 Å². The lowest BCUT2D eigenvalue weighted by Crippen LogP contribution is -2.35. The van der Waals surface area contributed by atoms with E-state index in [9.17, 15) is 13.2 Å². The van der Waals surface area contributed by atoms with E-state index in [2.05, 4.69) is 21.2 Å². The molecule has 0 aromatic heterocycles. The molecule has 3 rings (SSSR count). The van der Waals surface area contributed by atoms with Gasteiger partial charge in [0.25, 0.3) is 0 Å². The molecule has 1 aliphatic carbocycles. The van der Waals surface area contributed by atoms with Gasteiger partial charge in [-0.1, -0.05) is 12.1 Å². The van der Waals surface area contributed by atoms with Crippen molar-refractivity contribution in [3.05, 3.63) is 28.7 Å². The average Bonchev–Trinajstić information content (AvgIpc) is 3.18. The molecule has 1 saturated carbocycles. The standard InChI is InChI=1S/C15H19BrN2O3S/c16-13-3-1-2-4-14(13)22(20,21)18-8-7-12(10-18)15(19)17-9-11-5-6-11/h1-4,11-12H,5-10H2,(H,17,19). The lowest BCUT2D eigenvalue weighted by Gasteiger charge is -2.17. The molecule has 5 nitrogen and oxygen atoms in total. The molecule has 1 unspecified atom stereocenters. The maximum absolute atomic E-state index is 12.7. The van der Waals surface area contributed by atoms with Crippen molar-refractivity contribution in [3.63, 3.8) is 0 Å². The van der Waals surface area contributed by atoms with E-state index in [1.165, 1.54) is 17.1 Å². The van der Waals surface area contributed by atoms with E-state index in [-0.39, 0.29) is 23.3 Å². The topological polar surface area (TPSA) is 66.5 Å². The molecule has 2 aliphatic rings. The van der Waals surface area contributed by atoms with Crippen LogP contribution < -0.4 is 5.32 Å². The van der Waals surface area contributed by atoms with Gasteiger partial charge in [-0.05, 0) is 53.2 Å². The van der Waals surface area contributed by atoms with Crippen LogP contribution in [0.15, 0.2) is 33.6 Å². The molecule has 2 fully saturated rings. The van der Waals surface area contributed by atoms with E-state index in [4.69, 9.17) is 0 Å². The van der Waals surface area contributed by atoms with Gasteiger partial charge in [-0.2, -0.15) is 4.31 Å². The molecule has 1 aromatic rings. The molecule has 1 amide bonds. The van der Waals surface area contributed by atoms with Crippen LogP contribution in [0.3, 0.4) is 0 Å². The van der Waals surface area contributed by atoms with E-state index in [1.54, 1.807) is 24.3 Å². The third-order valence-corrected chi connectivity index (χ3v) is 7.12. The maximum atomic E-state index is 12.7. The number of nitrogens with zero attached hydrogens (tertiary/aromatic N) is 1. The summed E-state index contributed by atoms with van der Waals surface area (Å²) in [4.78, 5) is 12.4. The number of amides is 1. The lowest BCUT2D eigenvalue weighted by atomic mass is 10.1. The Bertz CT molecular complexity index is 673. The Labute approximate surface area is 139 Å². The maximum Gasteiger partial charge on any atom is 0.244 e. The Hall–Kier alpha value is -0.920. The molecule has 1 heterocycles. The second kappa shape index (κ2) is 6.29. The quantitative estimate of drug-likeness (QED) is 0.841. The van der Waals surface area contributed by atoms with Crippen LogP contribution in [0.1, 0.15) is 19.3 Å². The number of hydrogen-bond donors (Lipinski definition) is 1. The van der Waals surface area contributed by atoms with Crippen molar-refractivity contribution in [1.29, 1.82) is 0 Å². The van der Waals surface area contributed by atoms with Crippen LogP contribution in [0.25, 0.3) is 0 Å². The Kier molecular flexibility index (Phi) is 4.56. The predicted octanol–water partition coefficient (Wildman–Crippen LogP) is 1.99. The largest absolute Gasteiger partial charge is 0.356 e. The smallest absolute Gasteiger partial charge is 0.244 e. The summed E-state index contributed by atoms with van der Waals surface area (Å²) in [6.07, 6.45) is 2.96. The molecule has 0 bridgehead atoms. The minimum absolute atomic E-state index is 0.0169. The van der Waals surface area contributed by atoms with Crippen molar-refractivity contribution in [3.8, 4) is 0 Å². The zero-order chi connectivity index (χ0) is 15.7. The first-order chi connectivity index (χ1) is 10.5. The minimum Gasteiger partial charge on any atom is -0.356 e. The van der Waals surface area contributed by atoms with Crippen LogP contribution in [0.4, 0.5) is 0 Å². The van der Waals surface area contributed by atoms with Crippen LogP contribution in [0.5, 0.6) is 0 Å². The van der Waals surface area contributed by atoms with E-state index in [1.807, 2.05) is 0 Å². The van der Waals surface area contributed by atoms with Crippen molar-refractivity contribution in [2.24, 2.45) is 11.8 Å². The highest BCUT2D eigenvalue weighted by Crippen LogP contribution is 2.30. The summed E-state index contributed by atoms with van der Waals surface area (Å²) in [5.74, 6) is 0.373. The lowest BCUT2D eigenvalue weighted by molar-refractivity contribution is -0.124. The summed E-state index contributed by atoms with van der Waals surface area (Å²) in [7, 11) is -3.55. The Morgan fingerprint density at radius 1 is 1.27 bits per heavy atom. The van der Waals surface area contributed by atoms with Crippen LogP contribution in [0, 0.1) is 11.8 Å². The molecule has 7 heteroatoms. The van der Waals surface area contributed by atoms with Gasteiger partial charge in [-0.15, -0.1) is 0 Å². The molecule has 120 valence electrons. The summed E-state index contributed by atoms with van der Waals surface area (Å²) in [6, 6.07) is 6.78. The summed E-state index contributed by atoms with van der Waals surface area (Å²) >= 11 is 3.29. The highest BCUT2D eigenvalue weighted by atomic mass is 79.9. The predicted molar refractivity (Wildman–Crippen MR) is 86.7 cm³/mol. The Morgan fingerprint density at radius 2 is 2.00 bits per heavy atom. The summed E-state index contributed by atoms with van der Waals surface area (Å²) < 4.78 is 27.3. The number of nitrogens with one attached hydrogen (secondary N) is 1. The molecule has 1 N–H and O–H groups in total. The van der Waals surface area contributed by atoms with Gasteiger partial charge >= 0.3 is 0 Å². The summed E-state index contributed by atoms with van der Waals surface area (Å²) in [6.45, 7) is 1.39. The van der Waals surface area contributed by atoms with Gasteiger partial charge in [-0.25, -0.2) is 8.42 Å². The second-order valence-electron chi connectivity index (χ2n) is 5.97. The normalized spacial score (nSPS) is 22.7. The van der Waals surface area contributed by atoms with Crippen molar-refractivity contribution in [2.45, 2.75) is 24.2 Å². The fourth-order valence-electron chi connectivity index (χ4n) is 2.66. The molecule has 1 atom stereocenters. The highest BCUT2D eigenvalue weighted by Gasteiger charge is 2.36.